The van der Waals surface area contributed by atoms with Crippen LogP contribution in [0.1, 0.15) is 34.6 Å². The van der Waals surface area contributed by atoms with Crippen molar-refractivity contribution in [1.29, 1.82) is 0 Å². The van der Waals surface area contributed by atoms with Gasteiger partial charge in [0.25, 0.3) is 0 Å². The summed E-state index contributed by atoms with van der Waals surface area (Å²) in [7, 11) is 0. The Morgan fingerprint density at radius 2 is 1.93 bits per heavy atom. The van der Waals surface area contributed by atoms with Crippen LogP contribution in [0, 0.1) is 0 Å². The molecule has 0 aromatic heterocycles. The molecule has 0 unspecified atom stereocenters. The van der Waals surface area contributed by atoms with Crippen molar-refractivity contribution in [2.75, 3.05) is 0 Å². The minimum Gasteiger partial charge on any atom is -0.444 e. The summed E-state index contributed by atoms with van der Waals surface area (Å²) in [6.45, 7) is 9.40. The summed E-state index contributed by atoms with van der Waals surface area (Å²) in [5, 5.41) is 2.75. The first-order valence-corrected chi connectivity index (χ1v) is 4.77. The van der Waals surface area contributed by atoms with Crippen molar-refractivity contribution in [3.63, 3.8) is 0 Å². The van der Waals surface area contributed by atoms with Crippen LogP contribution < -0.4 is 16.2 Å². The minimum absolute atomic E-state index is 0.0163. The normalized spacial score (nSPS) is 21.2. The third kappa shape index (κ3) is 3.16. The molecule has 1 amide bonds. The number of amides is 1. The number of carbonyl (C=O) groups is 1. The quantitative estimate of drug-likeness (QED) is 0.575. The van der Waals surface area contributed by atoms with Crippen LogP contribution >= 0.6 is 0 Å². The monoisotopic (exact) mass is 201 g/mol. The number of ether oxygens (including phenoxy) is 1. The summed E-state index contributed by atoms with van der Waals surface area (Å²) in [6, 6.07) is -0.0163. The fourth-order valence-corrected chi connectivity index (χ4v) is 0.944. The molecule has 82 valence electrons. The summed E-state index contributed by atoms with van der Waals surface area (Å²) >= 11 is 0. The third-order valence-corrected chi connectivity index (χ3v) is 2.12. The zero-order chi connectivity index (χ0) is 11.0. The van der Waals surface area contributed by atoms with Crippen molar-refractivity contribution >= 4 is 6.09 Å². The molecule has 0 bridgehead atoms. The van der Waals surface area contributed by atoms with E-state index in [1.54, 1.807) is 0 Å². The van der Waals surface area contributed by atoms with Gasteiger partial charge in [-0.25, -0.2) is 15.6 Å². The van der Waals surface area contributed by atoms with E-state index in [9.17, 15) is 4.79 Å². The molecule has 0 saturated carbocycles. The lowest BCUT2D eigenvalue weighted by Crippen LogP contribution is -2.46. The highest BCUT2D eigenvalue weighted by Crippen LogP contribution is 2.14. The first-order valence-electron chi connectivity index (χ1n) is 4.77. The Morgan fingerprint density at radius 1 is 1.43 bits per heavy atom. The van der Waals surface area contributed by atoms with Crippen LogP contribution in [0.3, 0.4) is 0 Å². The summed E-state index contributed by atoms with van der Waals surface area (Å²) in [6.07, 6.45) is -0.387. The van der Waals surface area contributed by atoms with Crippen LogP contribution in [0.25, 0.3) is 0 Å². The van der Waals surface area contributed by atoms with Gasteiger partial charge in [-0.3, -0.25) is 0 Å². The maximum Gasteiger partial charge on any atom is 0.407 e. The van der Waals surface area contributed by atoms with Crippen molar-refractivity contribution in [2.24, 2.45) is 0 Å². The third-order valence-electron chi connectivity index (χ3n) is 2.12. The fraction of sp³-hybridized carbons (Fsp3) is 0.889. The van der Waals surface area contributed by atoms with Gasteiger partial charge in [-0.1, -0.05) is 0 Å². The smallest absolute Gasteiger partial charge is 0.407 e. The predicted molar refractivity (Wildman–Crippen MR) is 53.5 cm³/mol. The van der Waals surface area contributed by atoms with Crippen LogP contribution in [-0.4, -0.2) is 23.4 Å². The second kappa shape index (κ2) is 3.40. The maximum absolute atomic E-state index is 11.4. The fourth-order valence-electron chi connectivity index (χ4n) is 0.944. The Morgan fingerprint density at radius 3 is 2.29 bits per heavy atom. The molecule has 0 aromatic carbocycles. The van der Waals surface area contributed by atoms with Gasteiger partial charge in [0.2, 0.25) is 0 Å². The molecule has 1 fully saturated rings. The number of hydrazine groups is 1. The average Bonchev–Trinajstić information content (AvgIpc) is 2.64. The van der Waals surface area contributed by atoms with Gasteiger partial charge >= 0.3 is 6.09 Å². The maximum atomic E-state index is 11.4. The number of rotatable bonds is 2. The van der Waals surface area contributed by atoms with Gasteiger partial charge in [0, 0.05) is 0 Å². The first-order chi connectivity index (χ1) is 6.23. The molecule has 1 aliphatic heterocycles. The van der Waals surface area contributed by atoms with E-state index in [0.717, 1.165) is 0 Å². The highest BCUT2D eigenvalue weighted by Gasteiger charge is 2.43. The number of hydrogen-bond donors (Lipinski definition) is 3. The average molecular weight is 201 g/mol. The van der Waals surface area contributed by atoms with Gasteiger partial charge in [-0.2, -0.15) is 0 Å². The van der Waals surface area contributed by atoms with Gasteiger partial charge in [-0.15, -0.1) is 0 Å². The highest BCUT2D eigenvalue weighted by molar-refractivity contribution is 5.68. The number of nitrogens with one attached hydrogen (secondary N) is 3. The Hall–Kier alpha value is -0.810. The molecule has 0 radical (unpaired) electrons. The van der Waals surface area contributed by atoms with Crippen molar-refractivity contribution in [3.8, 4) is 0 Å². The van der Waals surface area contributed by atoms with Gasteiger partial charge in [0.05, 0.1) is 6.04 Å². The molecule has 1 heterocycles. The molecule has 1 aliphatic rings. The molecule has 5 nitrogen and oxygen atoms in total. The second-order valence-corrected chi connectivity index (χ2v) is 4.82. The van der Waals surface area contributed by atoms with Crippen molar-refractivity contribution in [1.82, 2.24) is 16.2 Å². The van der Waals surface area contributed by atoms with E-state index in [2.05, 4.69) is 16.2 Å². The van der Waals surface area contributed by atoms with E-state index in [1.165, 1.54) is 0 Å². The number of hydrogen-bond acceptors (Lipinski definition) is 4. The Labute approximate surface area is 84.5 Å². The molecule has 3 N–H and O–H groups in total. The van der Waals surface area contributed by atoms with E-state index >= 15 is 0 Å². The van der Waals surface area contributed by atoms with E-state index in [4.69, 9.17) is 4.74 Å². The highest BCUT2D eigenvalue weighted by atomic mass is 16.6. The molecule has 0 aliphatic carbocycles. The Balaban J connectivity index is 2.34. The van der Waals surface area contributed by atoms with Gasteiger partial charge in [0.15, 0.2) is 0 Å². The summed E-state index contributed by atoms with van der Waals surface area (Å²) < 4.78 is 5.13. The zero-order valence-electron chi connectivity index (χ0n) is 9.39. The summed E-state index contributed by atoms with van der Waals surface area (Å²) in [5.41, 5.74) is 5.27. The Bertz CT molecular complexity index is 231. The topological polar surface area (TPSA) is 82.2 Å². The lowest BCUT2D eigenvalue weighted by Gasteiger charge is -2.23. The van der Waals surface area contributed by atoms with Crippen molar-refractivity contribution in [2.45, 2.75) is 51.9 Å². The Kier molecular flexibility index (Phi) is 2.74. The van der Waals surface area contributed by atoms with Gasteiger partial charge in [-0.05, 0) is 34.6 Å². The number of alkyl carbamates (subject to hydrolysis) is 1. The predicted octanol–water partition coefficient (Wildman–Crippen LogP) is 0.724. The SMILES string of the molecule is C[C@@H](NC(=O)OC(C)(C)C)C1(C)NN1. The van der Waals surface area contributed by atoms with Crippen LogP contribution in [0.5, 0.6) is 0 Å². The molecule has 5 heteroatoms. The molecule has 0 spiro atoms. The lowest BCUT2D eigenvalue weighted by atomic mass is 10.1. The van der Waals surface area contributed by atoms with Gasteiger partial charge in [0.1, 0.15) is 11.3 Å². The van der Waals surface area contributed by atoms with Crippen molar-refractivity contribution in [3.05, 3.63) is 0 Å². The molecule has 1 rings (SSSR count). The number of carbonyl (C=O) groups excluding carboxylic acids is 1. The van der Waals surface area contributed by atoms with Crippen LogP contribution in [0.2, 0.25) is 0 Å². The second-order valence-electron chi connectivity index (χ2n) is 4.82. The van der Waals surface area contributed by atoms with Crippen LogP contribution in [0.4, 0.5) is 4.79 Å². The molecular formula is C9H19N3O2. The van der Waals surface area contributed by atoms with Crippen molar-refractivity contribution < 1.29 is 9.53 Å². The molecule has 0 aromatic rings. The van der Waals surface area contributed by atoms with E-state index in [1.807, 2.05) is 34.6 Å². The van der Waals surface area contributed by atoms with Gasteiger partial charge < -0.3 is 10.1 Å². The van der Waals surface area contributed by atoms with Crippen LogP contribution in [-0.2, 0) is 4.74 Å². The summed E-state index contributed by atoms with van der Waals surface area (Å²) in [5.74, 6) is 0. The van der Waals surface area contributed by atoms with Crippen LogP contribution in [0.15, 0.2) is 0 Å². The minimum atomic E-state index is -0.449. The summed E-state index contributed by atoms with van der Waals surface area (Å²) in [4.78, 5) is 11.4. The zero-order valence-corrected chi connectivity index (χ0v) is 9.39. The lowest BCUT2D eigenvalue weighted by molar-refractivity contribution is 0.0498. The first kappa shape index (κ1) is 11.3. The van der Waals surface area contributed by atoms with E-state index in [-0.39, 0.29) is 17.8 Å². The molecule has 14 heavy (non-hydrogen) atoms. The molecular weight excluding hydrogens is 182 g/mol. The molecule has 1 saturated heterocycles. The largest absolute Gasteiger partial charge is 0.444 e. The van der Waals surface area contributed by atoms with E-state index < -0.39 is 5.60 Å². The molecule has 1 atom stereocenters. The standard InChI is InChI=1S/C9H19N3O2/c1-6(9(5)11-12-9)10-7(13)14-8(2,3)4/h6,11-12H,1-5H3,(H,10,13)/t6-/m1/s1. The van der Waals surface area contributed by atoms with E-state index in [0.29, 0.717) is 0 Å².